The summed E-state index contributed by atoms with van der Waals surface area (Å²) < 4.78 is 5.31. The lowest BCUT2D eigenvalue weighted by molar-refractivity contribution is 0.192. The summed E-state index contributed by atoms with van der Waals surface area (Å²) in [4.78, 5) is 2.56. The molecule has 1 N–H and O–H groups in total. The fourth-order valence-electron chi connectivity index (χ4n) is 2.75. The Labute approximate surface area is 123 Å². The minimum atomic E-state index is 0.303. The molecule has 0 spiro atoms. The standard InChI is InChI=1S/C17H28N2O/c1-17(2,3)16-13-19(10-6-9-18-16)12-14-7-5-8-15(11-14)20-4/h5,7-8,11,16,18H,6,9-10,12-13H2,1-4H3. The number of ether oxygens (including phenoxy) is 1. The van der Waals surface area contributed by atoms with Crippen molar-refractivity contribution >= 4 is 0 Å². The third-order valence-electron chi connectivity index (χ3n) is 4.07. The predicted molar refractivity (Wildman–Crippen MR) is 84.1 cm³/mol. The molecule has 1 heterocycles. The van der Waals surface area contributed by atoms with E-state index in [1.165, 1.54) is 12.0 Å². The Hall–Kier alpha value is -1.06. The Balaban J connectivity index is 2.03. The number of methoxy groups -OCH3 is 1. The molecule has 112 valence electrons. The molecule has 0 amide bonds. The van der Waals surface area contributed by atoms with Gasteiger partial charge in [0, 0.05) is 19.1 Å². The van der Waals surface area contributed by atoms with Crippen molar-refractivity contribution < 1.29 is 4.74 Å². The van der Waals surface area contributed by atoms with E-state index >= 15 is 0 Å². The van der Waals surface area contributed by atoms with E-state index < -0.39 is 0 Å². The zero-order valence-electron chi connectivity index (χ0n) is 13.3. The SMILES string of the molecule is COc1cccc(CN2CCCNC(C(C)(C)C)C2)c1. The van der Waals surface area contributed by atoms with Gasteiger partial charge in [0.25, 0.3) is 0 Å². The monoisotopic (exact) mass is 276 g/mol. The van der Waals surface area contributed by atoms with Gasteiger partial charge in [-0.25, -0.2) is 0 Å². The van der Waals surface area contributed by atoms with Crippen LogP contribution in [0, 0.1) is 5.41 Å². The van der Waals surface area contributed by atoms with Gasteiger partial charge >= 0.3 is 0 Å². The summed E-state index contributed by atoms with van der Waals surface area (Å²) in [6.45, 7) is 11.4. The van der Waals surface area contributed by atoms with Crippen LogP contribution < -0.4 is 10.1 Å². The van der Waals surface area contributed by atoms with Gasteiger partial charge in [0.1, 0.15) is 5.75 Å². The molecule has 1 aromatic rings. The van der Waals surface area contributed by atoms with E-state index in [0.29, 0.717) is 11.5 Å². The molecule has 3 heteroatoms. The van der Waals surface area contributed by atoms with Crippen molar-refractivity contribution in [3.05, 3.63) is 29.8 Å². The molecule has 1 aliphatic rings. The van der Waals surface area contributed by atoms with Crippen molar-refractivity contribution in [1.29, 1.82) is 0 Å². The van der Waals surface area contributed by atoms with Gasteiger partial charge in [0.2, 0.25) is 0 Å². The van der Waals surface area contributed by atoms with Crippen LogP contribution in [0.2, 0.25) is 0 Å². The molecule has 3 nitrogen and oxygen atoms in total. The van der Waals surface area contributed by atoms with Crippen molar-refractivity contribution in [2.24, 2.45) is 5.41 Å². The molecule has 0 aliphatic carbocycles. The normalized spacial score (nSPS) is 21.5. The molecule has 1 atom stereocenters. The zero-order valence-corrected chi connectivity index (χ0v) is 13.3. The van der Waals surface area contributed by atoms with Gasteiger partial charge < -0.3 is 10.1 Å². The summed E-state index contributed by atoms with van der Waals surface area (Å²) in [7, 11) is 1.73. The first-order chi connectivity index (χ1) is 9.49. The maximum atomic E-state index is 5.31. The van der Waals surface area contributed by atoms with Crippen LogP contribution in [0.5, 0.6) is 5.75 Å². The molecule has 1 unspecified atom stereocenters. The van der Waals surface area contributed by atoms with Crippen molar-refractivity contribution in [2.75, 3.05) is 26.7 Å². The molecule has 1 fully saturated rings. The fraction of sp³-hybridized carbons (Fsp3) is 0.647. The van der Waals surface area contributed by atoms with Crippen LogP contribution in [0.4, 0.5) is 0 Å². The largest absolute Gasteiger partial charge is 0.497 e. The second kappa shape index (κ2) is 6.59. The molecule has 0 bridgehead atoms. The first kappa shape index (κ1) is 15.3. The zero-order chi connectivity index (χ0) is 14.6. The Kier molecular flexibility index (Phi) is 5.06. The van der Waals surface area contributed by atoms with Gasteiger partial charge in [-0.2, -0.15) is 0 Å². The summed E-state index contributed by atoms with van der Waals surface area (Å²) in [5, 5.41) is 3.69. The van der Waals surface area contributed by atoms with Crippen LogP contribution in [-0.4, -0.2) is 37.7 Å². The smallest absolute Gasteiger partial charge is 0.119 e. The second-order valence-electron chi connectivity index (χ2n) is 6.81. The topological polar surface area (TPSA) is 24.5 Å². The molecular formula is C17H28N2O. The summed E-state index contributed by atoms with van der Waals surface area (Å²) in [6.07, 6.45) is 1.22. The highest BCUT2D eigenvalue weighted by atomic mass is 16.5. The molecule has 1 aromatic carbocycles. The molecule has 0 aromatic heterocycles. The molecule has 0 saturated carbocycles. The summed E-state index contributed by atoms with van der Waals surface area (Å²) >= 11 is 0. The summed E-state index contributed by atoms with van der Waals surface area (Å²) in [6, 6.07) is 8.96. The van der Waals surface area contributed by atoms with Gasteiger partial charge in [0.05, 0.1) is 7.11 Å². The molecular weight excluding hydrogens is 248 g/mol. The molecule has 1 aliphatic heterocycles. The van der Waals surface area contributed by atoms with Crippen molar-refractivity contribution in [3.8, 4) is 5.75 Å². The van der Waals surface area contributed by atoms with Gasteiger partial charge in [0.15, 0.2) is 0 Å². The van der Waals surface area contributed by atoms with E-state index in [0.717, 1.165) is 31.9 Å². The lowest BCUT2D eigenvalue weighted by Gasteiger charge is -2.33. The quantitative estimate of drug-likeness (QED) is 0.918. The lowest BCUT2D eigenvalue weighted by atomic mass is 9.86. The number of hydrogen-bond acceptors (Lipinski definition) is 3. The third-order valence-corrected chi connectivity index (χ3v) is 4.07. The minimum absolute atomic E-state index is 0.303. The molecule has 0 radical (unpaired) electrons. The molecule has 20 heavy (non-hydrogen) atoms. The van der Waals surface area contributed by atoms with Crippen molar-refractivity contribution in [3.63, 3.8) is 0 Å². The molecule has 1 saturated heterocycles. The van der Waals surface area contributed by atoms with E-state index in [9.17, 15) is 0 Å². The van der Waals surface area contributed by atoms with Crippen LogP contribution >= 0.6 is 0 Å². The van der Waals surface area contributed by atoms with E-state index in [2.05, 4.69) is 49.2 Å². The van der Waals surface area contributed by atoms with E-state index in [4.69, 9.17) is 4.74 Å². The van der Waals surface area contributed by atoms with E-state index in [1.807, 2.05) is 6.07 Å². The lowest BCUT2D eigenvalue weighted by Crippen LogP contribution is -2.46. The maximum Gasteiger partial charge on any atom is 0.119 e. The van der Waals surface area contributed by atoms with Crippen LogP contribution in [0.15, 0.2) is 24.3 Å². The maximum absolute atomic E-state index is 5.31. The third kappa shape index (κ3) is 4.22. The number of nitrogens with zero attached hydrogens (tertiary/aromatic N) is 1. The Morgan fingerprint density at radius 1 is 1.35 bits per heavy atom. The highest BCUT2D eigenvalue weighted by Crippen LogP contribution is 2.23. The van der Waals surface area contributed by atoms with Crippen LogP contribution in [0.25, 0.3) is 0 Å². The van der Waals surface area contributed by atoms with Gasteiger partial charge in [-0.05, 0) is 42.6 Å². The minimum Gasteiger partial charge on any atom is -0.497 e. The average molecular weight is 276 g/mol. The highest BCUT2D eigenvalue weighted by Gasteiger charge is 2.27. The first-order valence-corrected chi connectivity index (χ1v) is 7.58. The van der Waals surface area contributed by atoms with Crippen molar-refractivity contribution in [1.82, 2.24) is 10.2 Å². The number of hydrogen-bond donors (Lipinski definition) is 1. The Morgan fingerprint density at radius 3 is 2.85 bits per heavy atom. The second-order valence-corrected chi connectivity index (χ2v) is 6.81. The summed E-state index contributed by atoms with van der Waals surface area (Å²) in [5.41, 5.74) is 1.63. The van der Waals surface area contributed by atoms with E-state index in [-0.39, 0.29) is 0 Å². The Bertz CT molecular complexity index is 425. The van der Waals surface area contributed by atoms with Crippen molar-refractivity contribution in [2.45, 2.75) is 39.8 Å². The average Bonchev–Trinajstić information content (AvgIpc) is 2.64. The predicted octanol–water partition coefficient (Wildman–Crippen LogP) is 2.91. The van der Waals surface area contributed by atoms with Crippen LogP contribution in [-0.2, 0) is 6.54 Å². The van der Waals surface area contributed by atoms with Crippen LogP contribution in [0.1, 0.15) is 32.8 Å². The van der Waals surface area contributed by atoms with Gasteiger partial charge in [-0.15, -0.1) is 0 Å². The number of nitrogens with one attached hydrogen (secondary N) is 1. The summed E-state index contributed by atoms with van der Waals surface area (Å²) in [5.74, 6) is 0.947. The number of rotatable bonds is 3. The van der Waals surface area contributed by atoms with Gasteiger partial charge in [-0.3, -0.25) is 4.90 Å². The highest BCUT2D eigenvalue weighted by molar-refractivity contribution is 5.28. The first-order valence-electron chi connectivity index (χ1n) is 7.58. The fourth-order valence-corrected chi connectivity index (χ4v) is 2.75. The number of benzene rings is 1. The van der Waals surface area contributed by atoms with Gasteiger partial charge in [-0.1, -0.05) is 32.9 Å². The molecule has 2 rings (SSSR count). The van der Waals surface area contributed by atoms with E-state index in [1.54, 1.807) is 7.11 Å². The Morgan fingerprint density at radius 2 is 2.15 bits per heavy atom. The van der Waals surface area contributed by atoms with Crippen LogP contribution in [0.3, 0.4) is 0 Å².